The van der Waals surface area contributed by atoms with Crippen LogP contribution in [0.4, 0.5) is 0 Å². The standard InChI is InChI=1S/C16H35NO2/c1-6-8-10-12-18-15(3,4)16(5,14-17)19-13-11-9-7-2/h6-14,17H2,1-5H3. The minimum Gasteiger partial charge on any atom is -0.373 e. The Morgan fingerprint density at radius 3 is 1.68 bits per heavy atom. The van der Waals surface area contributed by atoms with Gasteiger partial charge < -0.3 is 15.2 Å². The van der Waals surface area contributed by atoms with Gasteiger partial charge in [0.2, 0.25) is 0 Å². The maximum atomic E-state index is 6.05. The molecular weight excluding hydrogens is 238 g/mol. The molecule has 0 aromatic heterocycles. The van der Waals surface area contributed by atoms with Gasteiger partial charge in [-0.3, -0.25) is 0 Å². The smallest absolute Gasteiger partial charge is 0.106 e. The summed E-state index contributed by atoms with van der Waals surface area (Å²) in [5.74, 6) is 0. The van der Waals surface area contributed by atoms with Crippen molar-refractivity contribution in [3.63, 3.8) is 0 Å². The third kappa shape index (κ3) is 6.73. The summed E-state index contributed by atoms with van der Waals surface area (Å²) in [5.41, 5.74) is 5.18. The van der Waals surface area contributed by atoms with E-state index in [4.69, 9.17) is 15.2 Å². The predicted molar refractivity (Wildman–Crippen MR) is 82.5 cm³/mol. The molecule has 0 saturated carbocycles. The van der Waals surface area contributed by atoms with Gasteiger partial charge in [-0.25, -0.2) is 0 Å². The topological polar surface area (TPSA) is 44.5 Å². The lowest BCUT2D eigenvalue weighted by molar-refractivity contribution is -0.181. The maximum Gasteiger partial charge on any atom is 0.106 e. The summed E-state index contributed by atoms with van der Waals surface area (Å²) >= 11 is 0. The first kappa shape index (κ1) is 18.9. The molecule has 0 radical (unpaired) electrons. The minimum absolute atomic E-state index is 0.346. The van der Waals surface area contributed by atoms with Crippen LogP contribution in [0.15, 0.2) is 0 Å². The fourth-order valence-corrected chi connectivity index (χ4v) is 1.96. The molecule has 0 aliphatic carbocycles. The van der Waals surface area contributed by atoms with Gasteiger partial charge in [0.05, 0.1) is 5.60 Å². The van der Waals surface area contributed by atoms with Crippen LogP contribution in [0.1, 0.15) is 73.1 Å². The predicted octanol–water partition coefficient (Wildman–Crippen LogP) is 3.90. The van der Waals surface area contributed by atoms with Gasteiger partial charge in [-0.05, 0) is 33.6 Å². The van der Waals surface area contributed by atoms with E-state index in [2.05, 4.69) is 34.6 Å². The number of ether oxygens (including phenoxy) is 2. The second-order valence-corrected chi connectivity index (χ2v) is 6.06. The number of hydrogen-bond acceptors (Lipinski definition) is 3. The average molecular weight is 273 g/mol. The van der Waals surface area contributed by atoms with Crippen LogP contribution >= 0.6 is 0 Å². The van der Waals surface area contributed by atoms with Gasteiger partial charge in [0.25, 0.3) is 0 Å². The molecule has 1 unspecified atom stereocenters. The summed E-state index contributed by atoms with van der Waals surface area (Å²) in [4.78, 5) is 0. The van der Waals surface area contributed by atoms with Crippen molar-refractivity contribution in [2.24, 2.45) is 5.73 Å². The van der Waals surface area contributed by atoms with Gasteiger partial charge in [-0.15, -0.1) is 0 Å². The lowest BCUT2D eigenvalue weighted by Gasteiger charge is -2.43. The molecule has 0 heterocycles. The Morgan fingerprint density at radius 2 is 1.26 bits per heavy atom. The first-order valence-electron chi connectivity index (χ1n) is 7.91. The Balaban J connectivity index is 4.25. The van der Waals surface area contributed by atoms with Crippen molar-refractivity contribution >= 4 is 0 Å². The third-order valence-corrected chi connectivity index (χ3v) is 4.04. The Hall–Kier alpha value is -0.120. The van der Waals surface area contributed by atoms with Crippen LogP contribution in [0.2, 0.25) is 0 Å². The van der Waals surface area contributed by atoms with E-state index in [0.717, 1.165) is 26.1 Å². The monoisotopic (exact) mass is 273 g/mol. The van der Waals surface area contributed by atoms with Gasteiger partial charge >= 0.3 is 0 Å². The zero-order valence-corrected chi connectivity index (χ0v) is 13.8. The van der Waals surface area contributed by atoms with E-state index in [9.17, 15) is 0 Å². The normalized spacial score (nSPS) is 15.5. The fourth-order valence-electron chi connectivity index (χ4n) is 1.96. The highest BCUT2D eigenvalue weighted by Gasteiger charge is 2.42. The van der Waals surface area contributed by atoms with Crippen LogP contribution in [0.5, 0.6) is 0 Å². The second kappa shape index (κ2) is 9.73. The Morgan fingerprint density at radius 1 is 0.789 bits per heavy atom. The molecule has 3 nitrogen and oxygen atoms in total. The summed E-state index contributed by atoms with van der Waals surface area (Å²) in [6.07, 6.45) is 7.05. The molecule has 3 heteroatoms. The van der Waals surface area contributed by atoms with Crippen LogP contribution in [0.3, 0.4) is 0 Å². The molecule has 0 aromatic rings. The van der Waals surface area contributed by atoms with Crippen molar-refractivity contribution in [2.45, 2.75) is 84.3 Å². The van der Waals surface area contributed by atoms with Crippen LogP contribution in [-0.2, 0) is 9.47 Å². The van der Waals surface area contributed by atoms with Crippen molar-refractivity contribution < 1.29 is 9.47 Å². The first-order valence-corrected chi connectivity index (χ1v) is 7.91. The SMILES string of the molecule is CCCCCOC(C)(C)C(C)(CN)OCCCCC. The van der Waals surface area contributed by atoms with E-state index >= 15 is 0 Å². The molecule has 0 aliphatic rings. The Bertz CT molecular complexity index is 219. The summed E-state index contributed by atoms with van der Waals surface area (Å²) in [5, 5.41) is 0. The molecule has 0 aromatic carbocycles. The lowest BCUT2D eigenvalue weighted by Crippen LogP contribution is -2.56. The van der Waals surface area contributed by atoms with Crippen molar-refractivity contribution in [1.82, 2.24) is 0 Å². The van der Waals surface area contributed by atoms with Crippen molar-refractivity contribution in [3.05, 3.63) is 0 Å². The molecule has 2 N–H and O–H groups in total. The molecule has 0 amide bonds. The first-order chi connectivity index (χ1) is 8.93. The van der Waals surface area contributed by atoms with E-state index < -0.39 is 5.60 Å². The van der Waals surface area contributed by atoms with Crippen molar-refractivity contribution in [1.29, 1.82) is 0 Å². The van der Waals surface area contributed by atoms with Gasteiger partial charge in [-0.2, -0.15) is 0 Å². The Kier molecular flexibility index (Phi) is 9.67. The molecule has 19 heavy (non-hydrogen) atoms. The summed E-state index contributed by atoms with van der Waals surface area (Å²) < 4.78 is 12.1. The molecule has 0 spiro atoms. The van der Waals surface area contributed by atoms with E-state index in [0.29, 0.717) is 6.54 Å². The van der Waals surface area contributed by atoms with Crippen LogP contribution in [-0.4, -0.2) is 31.0 Å². The van der Waals surface area contributed by atoms with E-state index in [1.165, 1.54) is 25.7 Å². The van der Waals surface area contributed by atoms with Crippen LogP contribution in [0, 0.1) is 0 Å². The summed E-state index contributed by atoms with van der Waals surface area (Å²) in [7, 11) is 0. The average Bonchev–Trinajstić information content (AvgIpc) is 2.39. The maximum absolute atomic E-state index is 6.05. The molecule has 0 fully saturated rings. The summed E-state index contributed by atoms with van der Waals surface area (Å²) in [6, 6.07) is 0. The number of hydrogen-bond donors (Lipinski definition) is 1. The highest BCUT2D eigenvalue weighted by molar-refractivity contribution is 4.94. The molecule has 0 saturated heterocycles. The van der Waals surface area contributed by atoms with Crippen LogP contribution < -0.4 is 5.73 Å². The number of nitrogens with two attached hydrogens (primary N) is 1. The van der Waals surface area contributed by atoms with Crippen molar-refractivity contribution in [2.75, 3.05) is 19.8 Å². The highest BCUT2D eigenvalue weighted by atomic mass is 16.6. The fraction of sp³-hybridized carbons (Fsp3) is 1.00. The van der Waals surface area contributed by atoms with Gasteiger partial charge in [-0.1, -0.05) is 39.5 Å². The molecule has 116 valence electrons. The molecule has 0 aliphatic heterocycles. The molecular formula is C16H35NO2. The zero-order valence-electron chi connectivity index (χ0n) is 13.8. The summed E-state index contributed by atoms with van der Waals surface area (Å²) in [6.45, 7) is 12.7. The number of rotatable bonds is 12. The van der Waals surface area contributed by atoms with E-state index in [-0.39, 0.29) is 5.60 Å². The van der Waals surface area contributed by atoms with Crippen LogP contribution in [0.25, 0.3) is 0 Å². The van der Waals surface area contributed by atoms with Gasteiger partial charge in [0.1, 0.15) is 5.60 Å². The van der Waals surface area contributed by atoms with Crippen molar-refractivity contribution in [3.8, 4) is 0 Å². The Labute approximate surface area is 120 Å². The van der Waals surface area contributed by atoms with Gasteiger partial charge in [0.15, 0.2) is 0 Å². The largest absolute Gasteiger partial charge is 0.373 e. The lowest BCUT2D eigenvalue weighted by atomic mass is 9.87. The molecule has 0 bridgehead atoms. The molecule has 0 rings (SSSR count). The van der Waals surface area contributed by atoms with E-state index in [1.807, 2.05) is 0 Å². The number of unbranched alkanes of at least 4 members (excludes halogenated alkanes) is 4. The zero-order chi connectivity index (χ0) is 14.8. The minimum atomic E-state index is -0.410. The third-order valence-electron chi connectivity index (χ3n) is 4.04. The quantitative estimate of drug-likeness (QED) is 0.549. The van der Waals surface area contributed by atoms with Gasteiger partial charge in [0, 0.05) is 19.8 Å². The molecule has 1 atom stereocenters. The highest BCUT2D eigenvalue weighted by Crippen LogP contribution is 2.29. The van der Waals surface area contributed by atoms with E-state index in [1.54, 1.807) is 0 Å². The second-order valence-electron chi connectivity index (χ2n) is 6.06.